The second kappa shape index (κ2) is 11.2. The van der Waals surface area contributed by atoms with Gasteiger partial charge >= 0.3 is 12.1 Å². The van der Waals surface area contributed by atoms with Crippen molar-refractivity contribution in [1.29, 1.82) is 0 Å². The lowest BCUT2D eigenvalue weighted by atomic mass is 10.1. The van der Waals surface area contributed by atoms with E-state index in [2.05, 4.69) is 26.1 Å². The lowest BCUT2D eigenvalue weighted by Gasteiger charge is -2.21. The summed E-state index contributed by atoms with van der Waals surface area (Å²) >= 11 is 1.00. The van der Waals surface area contributed by atoms with E-state index in [1.165, 1.54) is 7.11 Å². The zero-order chi connectivity index (χ0) is 26.5. The Hall–Kier alpha value is -3.93. The van der Waals surface area contributed by atoms with Crippen molar-refractivity contribution in [1.82, 2.24) is 26.1 Å². The van der Waals surface area contributed by atoms with Gasteiger partial charge in [0.2, 0.25) is 0 Å². The molecule has 0 saturated heterocycles. The number of thiophene rings is 1. The maximum Gasteiger partial charge on any atom is 0.407 e. The van der Waals surface area contributed by atoms with Crippen LogP contribution in [0.2, 0.25) is 0 Å². The second-order valence-electron chi connectivity index (χ2n) is 8.99. The van der Waals surface area contributed by atoms with Crippen LogP contribution in [0, 0.1) is 6.92 Å². The molecule has 12 heteroatoms. The molecule has 0 bridgehead atoms. The molecule has 2 aromatic heterocycles. The summed E-state index contributed by atoms with van der Waals surface area (Å²) in [5.74, 6) is -1.64. The van der Waals surface area contributed by atoms with Gasteiger partial charge in [-0.2, -0.15) is 5.10 Å². The van der Waals surface area contributed by atoms with E-state index in [9.17, 15) is 19.2 Å². The highest BCUT2D eigenvalue weighted by molar-refractivity contribution is 7.16. The number of alkyl carbamates (subject to hydrolysis) is 1. The van der Waals surface area contributed by atoms with Crippen LogP contribution in [0.25, 0.3) is 10.9 Å². The Labute approximate surface area is 211 Å². The lowest BCUT2D eigenvalue weighted by molar-refractivity contribution is -0.142. The third-order valence-electron chi connectivity index (χ3n) is 5.00. The number of aryl methyl sites for hydroxylation is 1. The minimum atomic E-state index is -1.15. The Bertz CT molecular complexity index is 1280. The topological polar surface area (TPSA) is 152 Å². The van der Waals surface area contributed by atoms with Gasteiger partial charge < -0.3 is 25.4 Å². The van der Waals surface area contributed by atoms with Crippen molar-refractivity contribution in [2.24, 2.45) is 0 Å². The minimum absolute atomic E-state index is 0.231. The summed E-state index contributed by atoms with van der Waals surface area (Å²) in [6.45, 7) is 6.87. The quantitative estimate of drug-likeness (QED) is 0.337. The number of benzene rings is 1. The Morgan fingerprint density at radius 3 is 2.58 bits per heavy atom. The van der Waals surface area contributed by atoms with Crippen molar-refractivity contribution in [2.75, 3.05) is 13.7 Å². The van der Waals surface area contributed by atoms with Crippen LogP contribution >= 0.6 is 11.3 Å². The van der Waals surface area contributed by atoms with Gasteiger partial charge in [0.1, 0.15) is 11.6 Å². The molecule has 1 aromatic carbocycles. The maximum absolute atomic E-state index is 12.9. The van der Waals surface area contributed by atoms with E-state index in [4.69, 9.17) is 9.47 Å². The van der Waals surface area contributed by atoms with Gasteiger partial charge in [-0.25, -0.2) is 9.59 Å². The van der Waals surface area contributed by atoms with E-state index in [1.807, 2.05) is 18.2 Å². The van der Waals surface area contributed by atoms with Gasteiger partial charge in [-0.05, 0) is 51.0 Å². The first-order chi connectivity index (χ1) is 17.0. The van der Waals surface area contributed by atoms with E-state index in [0.29, 0.717) is 10.4 Å². The SMILES string of the molecule is COC(=O)C(CNC(=O)OC(C)(C)C)NC(=O)c1sc(C(=O)NCc2cccc3[nH]ncc23)cc1C. The molecular weight excluding hydrogens is 486 g/mol. The largest absolute Gasteiger partial charge is 0.467 e. The predicted octanol–water partition coefficient (Wildman–Crippen LogP) is 2.66. The summed E-state index contributed by atoms with van der Waals surface area (Å²) in [4.78, 5) is 50.4. The number of carbonyl (C=O) groups is 4. The number of esters is 1. The number of amides is 3. The zero-order valence-corrected chi connectivity index (χ0v) is 21.5. The fourth-order valence-corrected chi connectivity index (χ4v) is 4.32. The minimum Gasteiger partial charge on any atom is -0.467 e. The lowest BCUT2D eigenvalue weighted by Crippen LogP contribution is -2.49. The third kappa shape index (κ3) is 6.81. The molecule has 11 nitrogen and oxygen atoms in total. The Balaban J connectivity index is 1.64. The van der Waals surface area contributed by atoms with Gasteiger partial charge in [-0.15, -0.1) is 11.3 Å². The number of aromatic nitrogens is 2. The molecular formula is C24H29N5O6S. The van der Waals surface area contributed by atoms with Gasteiger partial charge in [0.25, 0.3) is 11.8 Å². The molecule has 0 aliphatic rings. The van der Waals surface area contributed by atoms with Crippen molar-refractivity contribution >= 4 is 46.1 Å². The number of nitrogens with zero attached hydrogens (tertiary/aromatic N) is 1. The van der Waals surface area contributed by atoms with Crippen LogP contribution in [0.15, 0.2) is 30.5 Å². The zero-order valence-electron chi connectivity index (χ0n) is 20.7. The number of methoxy groups -OCH3 is 1. The summed E-state index contributed by atoms with van der Waals surface area (Å²) in [5.41, 5.74) is 1.63. The van der Waals surface area contributed by atoms with E-state index in [1.54, 1.807) is 40.0 Å². The molecule has 0 aliphatic heterocycles. The molecule has 0 saturated carbocycles. The molecule has 192 valence electrons. The van der Waals surface area contributed by atoms with Crippen molar-refractivity contribution in [2.45, 2.75) is 45.9 Å². The number of fused-ring (bicyclic) bond motifs is 1. The number of H-pyrrole nitrogens is 1. The van der Waals surface area contributed by atoms with Crippen LogP contribution in [0.3, 0.4) is 0 Å². The van der Waals surface area contributed by atoms with Crippen LogP contribution in [0.1, 0.15) is 51.2 Å². The fourth-order valence-electron chi connectivity index (χ4n) is 3.32. The first kappa shape index (κ1) is 26.7. The Morgan fingerprint density at radius 1 is 1.14 bits per heavy atom. The number of carbonyl (C=O) groups excluding carboxylic acids is 4. The van der Waals surface area contributed by atoms with E-state index >= 15 is 0 Å². The normalized spacial score (nSPS) is 12.0. The Kier molecular flexibility index (Phi) is 8.30. The molecule has 0 spiro atoms. The standard InChI is InChI=1S/C24H29N5O6S/c1-13-9-18(20(30)25-10-14-7-6-8-16-15(14)11-27-29-16)36-19(13)21(31)28-17(22(32)34-5)12-26-23(33)35-24(2,3)4/h6-9,11,17H,10,12H2,1-5H3,(H,25,30)(H,26,33)(H,27,29)(H,28,31). The fraction of sp³-hybridized carbons (Fsp3) is 0.375. The third-order valence-corrected chi connectivity index (χ3v) is 6.24. The number of rotatable bonds is 8. The molecule has 0 aliphatic carbocycles. The van der Waals surface area contributed by atoms with Crippen molar-refractivity contribution in [3.63, 3.8) is 0 Å². The average Bonchev–Trinajstić information content (AvgIpc) is 3.45. The Morgan fingerprint density at radius 2 is 1.89 bits per heavy atom. The van der Waals surface area contributed by atoms with Crippen molar-refractivity contribution < 1.29 is 28.7 Å². The van der Waals surface area contributed by atoms with Gasteiger partial charge in [0.15, 0.2) is 0 Å². The first-order valence-electron chi connectivity index (χ1n) is 11.1. The molecule has 3 aromatic rings. The maximum atomic E-state index is 12.9. The highest BCUT2D eigenvalue weighted by Gasteiger charge is 2.26. The van der Waals surface area contributed by atoms with Gasteiger partial charge in [0, 0.05) is 11.9 Å². The number of hydrogen-bond acceptors (Lipinski definition) is 8. The van der Waals surface area contributed by atoms with Crippen LogP contribution in [-0.4, -0.2) is 59.4 Å². The summed E-state index contributed by atoms with van der Waals surface area (Å²) in [5, 5.41) is 15.7. The van der Waals surface area contributed by atoms with Crippen LogP contribution in [0.4, 0.5) is 4.79 Å². The molecule has 3 amide bonds. The molecule has 0 radical (unpaired) electrons. The summed E-state index contributed by atoms with van der Waals surface area (Å²) in [7, 11) is 1.18. The molecule has 3 rings (SSSR count). The smallest absolute Gasteiger partial charge is 0.407 e. The van der Waals surface area contributed by atoms with Gasteiger partial charge in [0.05, 0.1) is 35.1 Å². The summed E-state index contributed by atoms with van der Waals surface area (Å²) in [6, 6.07) is 6.12. The van der Waals surface area contributed by atoms with Crippen molar-refractivity contribution in [3.8, 4) is 0 Å². The molecule has 4 N–H and O–H groups in total. The number of hydrogen-bond donors (Lipinski definition) is 4. The number of ether oxygens (including phenoxy) is 2. The van der Waals surface area contributed by atoms with Crippen LogP contribution in [-0.2, 0) is 20.8 Å². The van der Waals surface area contributed by atoms with E-state index in [-0.39, 0.29) is 23.9 Å². The number of nitrogens with one attached hydrogen (secondary N) is 4. The van der Waals surface area contributed by atoms with Crippen LogP contribution < -0.4 is 16.0 Å². The average molecular weight is 516 g/mol. The molecule has 36 heavy (non-hydrogen) atoms. The second-order valence-corrected chi connectivity index (χ2v) is 10.0. The van der Waals surface area contributed by atoms with Crippen LogP contribution in [0.5, 0.6) is 0 Å². The van der Waals surface area contributed by atoms with Gasteiger partial charge in [-0.1, -0.05) is 12.1 Å². The molecule has 1 unspecified atom stereocenters. The molecule has 0 fully saturated rings. The van der Waals surface area contributed by atoms with E-state index in [0.717, 1.165) is 27.8 Å². The summed E-state index contributed by atoms with van der Waals surface area (Å²) in [6.07, 6.45) is 0.965. The van der Waals surface area contributed by atoms with Gasteiger partial charge in [-0.3, -0.25) is 14.7 Å². The molecule has 1 atom stereocenters. The summed E-state index contributed by atoms with van der Waals surface area (Å²) < 4.78 is 9.89. The highest BCUT2D eigenvalue weighted by atomic mass is 32.1. The monoisotopic (exact) mass is 515 g/mol. The highest BCUT2D eigenvalue weighted by Crippen LogP contribution is 2.23. The first-order valence-corrected chi connectivity index (χ1v) is 11.9. The van der Waals surface area contributed by atoms with Crippen molar-refractivity contribution in [3.05, 3.63) is 51.3 Å². The van der Waals surface area contributed by atoms with E-state index < -0.39 is 29.6 Å². The number of aromatic amines is 1. The molecule has 2 heterocycles. The predicted molar refractivity (Wildman–Crippen MR) is 134 cm³/mol.